The fourth-order valence-electron chi connectivity index (χ4n) is 2.64. The van der Waals surface area contributed by atoms with Crippen molar-refractivity contribution in [3.05, 3.63) is 30.1 Å². The van der Waals surface area contributed by atoms with Gasteiger partial charge >= 0.3 is 0 Å². The van der Waals surface area contributed by atoms with Crippen molar-refractivity contribution in [3.63, 3.8) is 0 Å². The third kappa shape index (κ3) is 3.16. The van der Waals surface area contributed by atoms with Crippen LogP contribution < -0.4 is 5.32 Å². The van der Waals surface area contributed by atoms with Gasteiger partial charge in [-0.1, -0.05) is 6.07 Å². The van der Waals surface area contributed by atoms with Crippen LogP contribution in [-0.4, -0.2) is 55.2 Å². The fourth-order valence-corrected chi connectivity index (χ4v) is 2.64. The smallest absolute Gasteiger partial charge is 0.234 e. The summed E-state index contributed by atoms with van der Waals surface area (Å²) >= 11 is 0. The van der Waals surface area contributed by atoms with Crippen LogP contribution in [0.4, 0.5) is 0 Å². The number of amides is 1. The van der Waals surface area contributed by atoms with E-state index in [1.165, 1.54) is 0 Å². The van der Waals surface area contributed by atoms with Gasteiger partial charge in [-0.2, -0.15) is 0 Å². The molecule has 108 valence electrons. The maximum atomic E-state index is 12.0. The van der Waals surface area contributed by atoms with Gasteiger partial charge in [0, 0.05) is 36.9 Å². The molecular formula is C15H21N3O2. The van der Waals surface area contributed by atoms with Crippen LogP contribution in [0.25, 0.3) is 0 Å². The number of rotatable bonds is 5. The van der Waals surface area contributed by atoms with Crippen LogP contribution >= 0.6 is 0 Å². The molecule has 1 aliphatic heterocycles. The number of morpholine rings is 1. The summed E-state index contributed by atoms with van der Waals surface area (Å²) in [7, 11) is 0. The van der Waals surface area contributed by atoms with Crippen LogP contribution in [0.1, 0.15) is 18.5 Å². The van der Waals surface area contributed by atoms with E-state index >= 15 is 0 Å². The molecule has 0 atom stereocenters. The molecule has 0 aromatic carbocycles. The van der Waals surface area contributed by atoms with Crippen molar-refractivity contribution in [3.8, 4) is 0 Å². The topological polar surface area (TPSA) is 54.5 Å². The molecule has 2 fully saturated rings. The van der Waals surface area contributed by atoms with Gasteiger partial charge in [-0.3, -0.25) is 14.7 Å². The van der Waals surface area contributed by atoms with Gasteiger partial charge in [0.25, 0.3) is 0 Å². The van der Waals surface area contributed by atoms with Gasteiger partial charge < -0.3 is 10.1 Å². The van der Waals surface area contributed by atoms with E-state index in [9.17, 15) is 4.79 Å². The SMILES string of the molecule is O=C(CN1CCOCC1)NCC1(c2ccccn2)CC1. The zero-order chi connectivity index (χ0) is 13.8. The van der Waals surface area contributed by atoms with E-state index in [4.69, 9.17) is 4.74 Å². The van der Waals surface area contributed by atoms with Crippen molar-refractivity contribution in [2.45, 2.75) is 18.3 Å². The van der Waals surface area contributed by atoms with E-state index in [2.05, 4.69) is 21.3 Å². The van der Waals surface area contributed by atoms with Crippen LogP contribution in [0.2, 0.25) is 0 Å². The molecule has 1 saturated carbocycles. The molecule has 1 amide bonds. The Labute approximate surface area is 119 Å². The number of hydrogen-bond donors (Lipinski definition) is 1. The lowest BCUT2D eigenvalue weighted by Gasteiger charge is -2.26. The fraction of sp³-hybridized carbons (Fsp3) is 0.600. The number of carbonyl (C=O) groups excluding carboxylic acids is 1. The summed E-state index contributed by atoms with van der Waals surface area (Å²) in [6, 6.07) is 6.00. The highest BCUT2D eigenvalue weighted by Crippen LogP contribution is 2.46. The van der Waals surface area contributed by atoms with Crippen molar-refractivity contribution < 1.29 is 9.53 Å². The van der Waals surface area contributed by atoms with Crippen LogP contribution in [0.15, 0.2) is 24.4 Å². The summed E-state index contributed by atoms with van der Waals surface area (Å²) in [6.45, 7) is 4.32. The quantitative estimate of drug-likeness (QED) is 0.853. The predicted octanol–water partition coefficient (Wildman–Crippen LogP) is 0.562. The van der Waals surface area contributed by atoms with Crippen LogP contribution in [-0.2, 0) is 14.9 Å². The molecular weight excluding hydrogens is 254 g/mol. The summed E-state index contributed by atoms with van der Waals surface area (Å²) in [5, 5.41) is 3.07. The van der Waals surface area contributed by atoms with Crippen LogP contribution in [0.5, 0.6) is 0 Å². The normalized spacial score (nSPS) is 21.4. The molecule has 0 unspecified atom stereocenters. The number of ether oxygens (including phenoxy) is 1. The molecule has 1 N–H and O–H groups in total. The maximum Gasteiger partial charge on any atom is 0.234 e. The van der Waals surface area contributed by atoms with Gasteiger partial charge in [0.1, 0.15) is 0 Å². The summed E-state index contributed by atoms with van der Waals surface area (Å²) in [6.07, 6.45) is 4.05. The monoisotopic (exact) mass is 275 g/mol. The van der Waals surface area contributed by atoms with E-state index in [1.807, 2.05) is 18.3 Å². The third-order valence-corrected chi connectivity index (χ3v) is 4.16. The van der Waals surface area contributed by atoms with Crippen molar-refractivity contribution in [1.29, 1.82) is 0 Å². The first-order valence-corrected chi connectivity index (χ1v) is 7.27. The zero-order valence-corrected chi connectivity index (χ0v) is 11.7. The molecule has 0 bridgehead atoms. The second kappa shape index (κ2) is 5.89. The Hall–Kier alpha value is -1.46. The Bertz CT molecular complexity index is 453. The standard InChI is InChI=1S/C15H21N3O2/c19-14(11-18-7-9-20-10-8-18)17-12-15(4-5-15)13-3-1-2-6-16-13/h1-3,6H,4-5,7-12H2,(H,17,19). The van der Waals surface area contributed by atoms with Crippen molar-refractivity contribution in [1.82, 2.24) is 15.2 Å². The van der Waals surface area contributed by atoms with E-state index in [1.54, 1.807) is 0 Å². The summed E-state index contributed by atoms with van der Waals surface area (Å²) in [5.41, 5.74) is 1.19. The molecule has 0 spiro atoms. The minimum atomic E-state index is 0.0852. The number of nitrogens with one attached hydrogen (secondary N) is 1. The minimum absolute atomic E-state index is 0.0852. The number of carbonyl (C=O) groups is 1. The lowest BCUT2D eigenvalue weighted by atomic mass is 10.0. The number of pyridine rings is 1. The van der Waals surface area contributed by atoms with Crippen molar-refractivity contribution in [2.24, 2.45) is 0 Å². The van der Waals surface area contributed by atoms with Gasteiger partial charge in [0.2, 0.25) is 5.91 Å². The first-order chi connectivity index (χ1) is 9.78. The first-order valence-electron chi connectivity index (χ1n) is 7.27. The molecule has 1 aliphatic carbocycles. The summed E-state index contributed by atoms with van der Waals surface area (Å²) in [4.78, 5) is 18.6. The molecule has 3 rings (SSSR count). The van der Waals surface area contributed by atoms with E-state index < -0.39 is 0 Å². The van der Waals surface area contributed by atoms with Gasteiger partial charge in [0.05, 0.1) is 19.8 Å². The highest BCUT2D eigenvalue weighted by molar-refractivity contribution is 5.78. The Morgan fingerprint density at radius 1 is 1.35 bits per heavy atom. The predicted molar refractivity (Wildman–Crippen MR) is 75.4 cm³/mol. The Kier molecular flexibility index (Phi) is 3.98. The Balaban J connectivity index is 1.48. The van der Waals surface area contributed by atoms with Crippen LogP contribution in [0, 0.1) is 0 Å². The summed E-state index contributed by atoms with van der Waals surface area (Å²) < 4.78 is 5.28. The Morgan fingerprint density at radius 3 is 2.80 bits per heavy atom. The second-order valence-electron chi connectivity index (χ2n) is 5.66. The number of aromatic nitrogens is 1. The van der Waals surface area contributed by atoms with Crippen molar-refractivity contribution in [2.75, 3.05) is 39.4 Å². The number of hydrogen-bond acceptors (Lipinski definition) is 4. The largest absolute Gasteiger partial charge is 0.379 e. The molecule has 5 heteroatoms. The van der Waals surface area contributed by atoms with Gasteiger partial charge in [-0.05, 0) is 25.0 Å². The van der Waals surface area contributed by atoms with E-state index in [0.29, 0.717) is 13.1 Å². The highest BCUT2D eigenvalue weighted by atomic mass is 16.5. The van der Waals surface area contributed by atoms with E-state index in [-0.39, 0.29) is 11.3 Å². The average Bonchev–Trinajstić information content (AvgIpc) is 3.28. The molecule has 1 saturated heterocycles. The lowest BCUT2D eigenvalue weighted by Crippen LogP contribution is -2.44. The summed E-state index contributed by atoms with van der Waals surface area (Å²) in [5.74, 6) is 0.106. The Morgan fingerprint density at radius 2 is 2.15 bits per heavy atom. The average molecular weight is 275 g/mol. The third-order valence-electron chi connectivity index (χ3n) is 4.16. The van der Waals surface area contributed by atoms with Gasteiger partial charge in [-0.25, -0.2) is 0 Å². The van der Waals surface area contributed by atoms with Gasteiger partial charge in [0.15, 0.2) is 0 Å². The minimum Gasteiger partial charge on any atom is -0.379 e. The zero-order valence-electron chi connectivity index (χ0n) is 11.7. The van der Waals surface area contributed by atoms with Crippen LogP contribution in [0.3, 0.4) is 0 Å². The first kappa shape index (κ1) is 13.5. The molecule has 2 heterocycles. The second-order valence-corrected chi connectivity index (χ2v) is 5.66. The van der Waals surface area contributed by atoms with Gasteiger partial charge in [-0.15, -0.1) is 0 Å². The highest BCUT2D eigenvalue weighted by Gasteiger charge is 2.45. The van der Waals surface area contributed by atoms with E-state index in [0.717, 1.165) is 44.8 Å². The molecule has 5 nitrogen and oxygen atoms in total. The lowest BCUT2D eigenvalue weighted by molar-refractivity contribution is -0.123. The molecule has 0 radical (unpaired) electrons. The molecule has 2 aliphatic rings. The maximum absolute atomic E-state index is 12.0. The molecule has 1 aromatic rings. The van der Waals surface area contributed by atoms with Crippen molar-refractivity contribution >= 4 is 5.91 Å². The number of nitrogens with zero attached hydrogens (tertiary/aromatic N) is 2. The molecule has 20 heavy (non-hydrogen) atoms. The molecule has 1 aromatic heterocycles.